The standard InChI is InChI=1S/2C16H19N2OP/c2*1-3-19-13(2)18-16-9-10-20(12-14(16)11-17)15-7-5-4-6-8-15/h2*4-8H,3,9-10,12H2,1-2H3. The van der Waals surface area contributed by atoms with E-state index in [0.29, 0.717) is 25.0 Å². The van der Waals surface area contributed by atoms with Crippen molar-refractivity contribution in [3.05, 3.63) is 83.2 Å². The minimum absolute atomic E-state index is 0.262. The van der Waals surface area contributed by atoms with Crippen molar-refractivity contribution in [1.29, 1.82) is 10.5 Å². The number of hydrogen-bond acceptors (Lipinski definition) is 6. The van der Waals surface area contributed by atoms with Gasteiger partial charge in [-0.25, -0.2) is 9.98 Å². The molecule has 2 aliphatic heterocycles. The fourth-order valence-corrected chi connectivity index (χ4v) is 9.15. The van der Waals surface area contributed by atoms with Gasteiger partial charge in [0.25, 0.3) is 0 Å². The van der Waals surface area contributed by atoms with Crippen LogP contribution in [0.2, 0.25) is 0 Å². The Kier molecular flexibility index (Phi) is 13.1. The highest BCUT2D eigenvalue weighted by atomic mass is 31.1. The molecule has 6 nitrogen and oxygen atoms in total. The lowest BCUT2D eigenvalue weighted by molar-refractivity contribution is 0.323. The van der Waals surface area contributed by atoms with Crippen LogP contribution < -0.4 is 10.6 Å². The molecule has 0 saturated heterocycles. The molecule has 0 radical (unpaired) electrons. The Labute approximate surface area is 241 Å². The van der Waals surface area contributed by atoms with Gasteiger partial charge in [-0.05, 0) is 49.6 Å². The Morgan fingerprint density at radius 2 is 1.07 bits per heavy atom. The Morgan fingerprint density at radius 3 is 1.40 bits per heavy atom. The first-order valence-electron chi connectivity index (χ1n) is 13.7. The van der Waals surface area contributed by atoms with E-state index >= 15 is 0 Å². The lowest BCUT2D eigenvalue weighted by atomic mass is 10.2. The molecule has 0 bridgehead atoms. The SMILES string of the molecule is CCOC(C)=NC1=C(C#N)CP(c2ccccc2)CC1.CCOC(C)=NC1=C(C#N)CP(c2ccccc2)CC1. The smallest absolute Gasteiger partial charge is 0.184 e. The summed E-state index contributed by atoms with van der Waals surface area (Å²) in [4.78, 5) is 8.94. The third-order valence-corrected chi connectivity index (χ3v) is 11.4. The maximum atomic E-state index is 9.36. The largest absolute Gasteiger partial charge is 0.481 e. The first-order chi connectivity index (χ1) is 19.5. The van der Waals surface area contributed by atoms with Gasteiger partial charge in [0, 0.05) is 26.2 Å². The van der Waals surface area contributed by atoms with Crippen molar-refractivity contribution in [2.24, 2.45) is 9.98 Å². The Bertz CT molecular complexity index is 1220. The molecular weight excluding hydrogens is 534 g/mol. The van der Waals surface area contributed by atoms with Crippen LogP contribution in [-0.2, 0) is 9.47 Å². The second-order valence-corrected chi connectivity index (χ2v) is 13.9. The van der Waals surface area contributed by atoms with E-state index in [1.54, 1.807) is 0 Å². The number of nitriles is 2. The predicted octanol–water partition coefficient (Wildman–Crippen LogP) is 6.86. The number of hydrogen-bond donors (Lipinski definition) is 0. The van der Waals surface area contributed by atoms with Gasteiger partial charge in [-0.2, -0.15) is 10.5 Å². The van der Waals surface area contributed by atoms with E-state index in [0.717, 1.165) is 60.0 Å². The van der Waals surface area contributed by atoms with Crippen molar-refractivity contribution >= 4 is 38.2 Å². The fraction of sp³-hybridized carbons (Fsp3) is 0.375. The topological polar surface area (TPSA) is 90.8 Å². The highest BCUT2D eigenvalue weighted by Gasteiger charge is 2.23. The van der Waals surface area contributed by atoms with Gasteiger partial charge in [0.05, 0.1) is 47.9 Å². The van der Waals surface area contributed by atoms with E-state index in [1.807, 2.05) is 39.8 Å². The third-order valence-electron chi connectivity index (χ3n) is 6.44. The monoisotopic (exact) mass is 572 g/mol. The molecular formula is C32H38N4O2P2. The van der Waals surface area contributed by atoms with E-state index < -0.39 is 0 Å². The summed E-state index contributed by atoms with van der Waals surface area (Å²) in [5.74, 6) is 1.31. The fourth-order valence-electron chi connectivity index (χ4n) is 4.53. The van der Waals surface area contributed by atoms with Crippen LogP contribution in [0.5, 0.6) is 0 Å². The minimum atomic E-state index is -0.262. The average molecular weight is 573 g/mol. The summed E-state index contributed by atoms with van der Waals surface area (Å²) in [5.41, 5.74) is 3.47. The number of aliphatic imine (C=N–C) groups is 2. The molecule has 4 rings (SSSR count). The number of nitrogens with zero attached hydrogens (tertiary/aromatic N) is 4. The first-order valence-corrected chi connectivity index (χ1v) is 17.1. The molecule has 0 fully saturated rings. The Balaban J connectivity index is 0.000000220. The van der Waals surface area contributed by atoms with Gasteiger partial charge < -0.3 is 9.47 Å². The quantitative estimate of drug-likeness (QED) is 0.215. The predicted molar refractivity (Wildman–Crippen MR) is 169 cm³/mol. The highest BCUT2D eigenvalue weighted by Crippen LogP contribution is 2.44. The summed E-state index contributed by atoms with van der Waals surface area (Å²) >= 11 is 0. The molecule has 40 heavy (non-hydrogen) atoms. The summed E-state index contributed by atoms with van der Waals surface area (Å²) < 4.78 is 10.7. The average Bonchev–Trinajstić information content (AvgIpc) is 2.99. The second-order valence-electron chi connectivity index (χ2n) is 9.22. The van der Waals surface area contributed by atoms with Gasteiger partial charge in [-0.15, -0.1) is 0 Å². The first kappa shape index (κ1) is 31.2. The number of benzene rings is 2. The molecule has 0 aliphatic carbocycles. The van der Waals surface area contributed by atoms with Gasteiger partial charge in [0.2, 0.25) is 0 Å². The molecule has 2 heterocycles. The normalized spacial score (nSPS) is 19.6. The van der Waals surface area contributed by atoms with Crippen LogP contribution in [0.15, 0.2) is 93.2 Å². The van der Waals surface area contributed by atoms with Crippen LogP contribution in [0.25, 0.3) is 0 Å². The summed E-state index contributed by atoms with van der Waals surface area (Å²) in [6.07, 6.45) is 5.62. The zero-order valence-corrected chi connectivity index (χ0v) is 25.7. The van der Waals surface area contributed by atoms with Gasteiger partial charge >= 0.3 is 0 Å². The minimum Gasteiger partial charge on any atom is -0.481 e. The van der Waals surface area contributed by atoms with E-state index in [4.69, 9.17) is 9.47 Å². The molecule has 0 N–H and O–H groups in total. The number of allylic oxidation sites excluding steroid dienone is 4. The van der Waals surface area contributed by atoms with Crippen LogP contribution in [0.1, 0.15) is 40.5 Å². The molecule has 2 atom stereocenters. The Hall–Kier alpha value is -3.30. The molecule has 2 aromatic carbocycles. The lowest BCUT2D eigenvalue weighted by Gasteiger charge is -2.23. The second kappa shape index (κ2) is 16.7. The van der Waals surface area contributed by atoms with Crippen molar-refractivity contribution in [2.75, 3.05) is 37.9 Å². The van der Waals surface area contributed by atoms with Crippen LogP contribution in [0, 0.1) is 22.7 Å². The molecule has 2 unspecified atom stereocenters. The van der Waals surface area contributed by atoms with E-state index in [-0.39, 0.29) is 15.8 Å². The van der Waals surface area contributed by atoms with Crippen LogP contribution in [0.3, 0.4) is 0 Å². The van der Waals surface area contributed by atoms with Crippen LogP contribution in [-0.4, -0.2) is 49.7 Å². The van der Waals surface area contributed by atoms with E-state index in [1.165, 1.54) is 10.6 Å². The van der Waals surface area contributed by atoms with Gasteiger partial charge in [-0.1, -0.05) is 76.5 Å². The van der Waals surface area contributed by atoms with Crippen LogP contribution >= 0.6 is 15.8 Å². The molecule has 0 spiro atoms. The molecule has 208 valence electrons. The van der Waals surface area contributed by atoms with E-state index in [9.17, 15) is 10.5 Å². The summed E-state index contributed by atoms with van der Waals surface area (Å²) in [7, 11) is -0.524. The molecule has 2 aromatic rings. The van der Waals surface area contributed by atoms with Crippen molar-refractivity contribution in [3.8, 4) is 12.1 Å². The summed E-state index contributed by atoms with van der Waals surface area (Å²) in [6.45, 7) is 8.80. The molecule has 2 aliphatic rings. The Morgan fingerprint density at radius 1 is 0.700 bits per heavy atom. The third kappa shape index (κ3) is 9.41. The van der Waals surface area contributed by atoms with Gasteiger partial charge in [-0.3, -0.25) is 0 Å². The number of rotatable bonds is 6. The summed E-state index contributed by atoms with van der Waals surface area (Å²) in [5, 5.41) is 21.5. The van der Waals surface area contributed by atoms with Gasteiger partial charge in [0.15, 0.2) is 11.8 Å². The van der Waals surface area contributed by atoms with Crippen molar-refractivity contribution in [2.45, 2.75) is 40.5 Å². The molecule has 0 amide bonds. The molecule has 8 heteroatoms. The zero-order valence-electron chi connectivity index (χ0n) is 23.9. The highest BCUT2D eigenvalue weighted by molar-refractivity contribution is 7.66. The maximum absolute atomic E-state index is 9.36. The maximum Gasteiger partial charge on any atom is 0.184 e. The number of ether oxygens (including phenoxy) is 2. The van der Waals surface area contributed by atoms with E-state index in [2.05, 4.69) is 70.7 Å². The lowest BCUT2D eigenvalue weighted by Crippen LogP contribution is -2.13. The zero-order chi connectivity index (χ0) is 28.7. The van der Waals surface area contributed by atoms with Crippen LogP contribution in [0.4, 0.5) is 0 Å². The van der Waals surface area contributed by atoms with Gasteiger partial charge in [0.1, 0.15) is 0 Å². The van der Waals surface area contributed by atoms with Crippen molar-refractivity contribution < 1.29 is 9.47 Å². The molecule has 0 aromatic heterocycles. The molecule has 0 saturated carbocycles. The summed E-state index contributed by atoms with van der Waals surface area (Å²) in [6, 6.07) is 25.7. The van der Waals surface area contributed by atoms with Crippen molar-refractivity contribution in [1.82, 2.24) is 0 Å². The van der Waals surface area contributed by atoms with Crippen molar-refractivity contribution in [3.63, 3.8) is 0 Å².